The molecule has 18 heavy (non-hydrogen) atoms. The summed E-state index contributed by atoms with van der Waals surface area (Å²) < 4.78 is 0. The Hall–Kier alpha value is -1.86. The fourth-order valence-electron chi connectivity index (χ4n) is 1.87. The quantitative estimate of drug-likeness (QED) is 0.842. The van der Waals surface area contributed by atoms with Gasteiger partial charge in [-0.3, -0.25) is 0 Å². The summed E-state index contributed by atoms with van der Waals surface area (Å²) in [5, 5.41) is 8.70. The maximum atomic E-state index is 8.70. The molecule has 0 unspecified atom stereocenters. The predicted octanol–water partition coefficient (Wildman–Crippen LogP) is 3.67. The van der Waals surface area contributed by atoms with Gasteiger partial charge in [0.05, 0.1) is 0 Å². The molecule has 2 aromatic rings. The molecule has 0 heterocycles. The van der Waals surface area contributed by atoms with Crippen LogP contribution in [0.2, 0.25) is 0 Å². The normalized spacial score (nSPS) is 10.9. The van der Waals surface area contributed by atoms with Gasteiger partial charge in [-0.15, -0.1) is 0 Å². The lowest BCUT2D eigenvalue weighted by atomic mass is 10.0. The average Bonchev–Trinajstić information content (AvgIpc) is 2.42. The van der Waals surface area contributed by atoms with E-state index >= 15 is 0 Å². The van der Waals surface area contributed by atoms with Crippen molar-refractivity contribution in [2.75, 3.05) is 6.61 Å². The smallest absolute Gasteiger partial charge is 0.0465 e. The minimum Gasteiger partial charge on any atom is -0.396 e. The van der Waals surface area contributed by atoms with Crippen molar-refractivity contribution in [3.63, 3.8) is 0 Å². The molecule has 1 nitrogen and oxygen atoms in total. The average molecular weight is 238 g/mol. The Morgan fingerprint density at radius 3 is 2.17 bits per heavy atom. The molecule has 0 saturated heterocycles. The highest BCUT2D eigenvalue weighted by Crippen LogP contribution is 2.11. The fourth-order valence-corrected chi connectivity index (χ4v) is 1.87. The number of aliphatic hydroxyl groups is 1. The summed E-state index contributed by atoms with van der Waals surface area (Å²) in [5.74, 6) is 0. The van der Waals surface area contributed by atoms with Gasteiger partial charge in [-0.2, -0.15) is 0 Å². The summed E-state index contributed by atoms with van der Waals surface area (Å²) in [6.45, 7) is 0.211. The third kappa shape index (κ3) is 3.86. The van der Waals surface area contributed by atoms with E-state index in [1.807, 2.05) is 18.2 Å². The van der Waals surface area contributed by atoms with Crippen LogP contribution in [0.15, 0.2) is 60.7 Å². The van der Waals surface area contributed by atoms with Gasteiger partial charge < -0.3 is 5.11 Å². The predicted molar refractivity (Wildman–Crippen MR) is 76.4 cm³/mol. The van der Waals surface area contributed by atoms with E-state index in [1.54, 1.807) is 0 Å². The second-order valence-electron chi connectivity index (χ2n) is 4.32. The first kappa shape index (κ1) is 12.6. The van der Waals surface area contributed by atoms with E-state index in [2.05, 4.69) is 48.5 Å². The van der Waals surface area contributed by atoms with E-state index in [9.17, 15) is 0 Å². The maximum absolute atomic E-state index is 8.70. The summed E-state index contributed by atoms with van der Waals surface area (Å²) >= 11 is 0. The third-order valence-corrected chi connectivity index (χ3v) is 2.84. The highest BCUT2D eigenvalue weighted by molar-refractivity contribution is 5.49. The van der Waals surface area contributed by atoms with Crippen LogP contribution >= 0.6 is 0 Å². The second kappa shape index (κ2) is 6.77. The summed E-state index contributed by atoms with van der Waals surface area (Å²) in [5.41, 5.74) is 3.84. The molecule has 0 spiro atoms. The van der Waals surface area contributed by atoms with Gasteiger partial charge in [-0.05, 0) is 29.5 Å². The van der Waals surface area contributed by atoms with Crippen LogP contribution in [-0.2, 0) is 6.42 Å². The monoisotopic (exact) mass is 238 g/mol. The van der Waals surface area contributed by atoms with Crippen molar-refractivity contribution < 1.29 is 5.11 Å². The summed E-state index contributed by atoms with van der Waals surface area (Å²) in [7, 11) is 0. The van der Waals surface area contributed by atoms with E-state index in [1.165, 1.54) is 16.7 Å². The van der Waals surface area contributed by atoms with Crippen LogP contribution in [0, 0.1) is 0 Å². The van der Waals surface area contributed by atoms with Crippen molar-refractivity contribution in [3.8, 4) is 0 Å². The largest absolute Gasteiger partial charge is 0.396 e. The SMILES string of the molecule is OCCC=Cc1ccc(Cc2ccccc2)cc1. The Morgan fingerprint density at radius 1 is 0.833 bits per heavy atom. The molecule has 92 valence electrons. The van der Waals surface area contributed by atoms with Gasteiger partial charge in [0.15, 0.2) is 0 Å². The number of hydrogen-bond acceptors (Lipinski definition) is 1. The van der Waals surface area contributed by atoms with Crippen LogP contribution in [0.4, 0.5) is 0 Å². The van der Waals surface area contributed by atoms with Crippen LogP contribution in [0.1, 0.15) is 23.1 Å². The van der Waals surface area contributed by atoms with Gasteiger partial charge in [-0.25, -0.2) is 0 Å². The molecule has 0 radical (unpaired) electrons. The zero-order valence-corrected chi connectivity index (χ0v) is 10.4. The summed E-state index contributed by atoms with van der Waals surface area (Å²) in [6, 6.07) is 19.0. The minimum atomic E-state index is 0.211. The molecular weight excluding hydrogens is 220 g/mol. The Labute approximate surface area is 108 Å². The minimum absolute atomic E-state index is 0.211. The Kier molecular flexibility index (Phi) is 4.74. The lowest BCUT2D eigenvalue weighted by Gasteiger charge is -2.02. The first-order valence-electron chi connectivity index (χ1n) is 6.29. The van der Waals surface area contributed by atoms with Gasteiger partial charge in [0.1, 0.15) is 0 Å². The van der Waals surface area contributed by atoms with Crippen LogP contribution in [0.3, 0.4) is 0 Å². The van der Waals surface area contributed by atoms with Crippen molar-refractivity contribution in [2.45, 2.75) is 12.8 Å². The molecule has 0 aliphatic carbocycles. The van der Waals surface area contributed by atoms with Gasteiger partial charge in [0.2, 0.25) is 0 Å². The van der Waals surface area contributed by atoms with Gasteiger partial charge in [0.25, 0.3) is 0 Å². The lowest BCUT2D eigenvalue weighted by molar-refractivity contribution is 0.303. The molecule has 0 aliphatic rings. The molecule has 1 N–H and O–H groups in total. The molecule has 2 aromatic carbocycles. The Morgan fingerprint density at radius 2 is 1.50 bits per heavy atom. The molecule has 0 amide bonds. The molecular formula is C17H18O. The van der Waals surface area contributed by atoms with Crippen molar-refractivity contribution >= 4 is 6.08 Å². The Bertz CT molecular complexity index is 483. The van der Waals surface area contributed by atoms with E-state index in [0.717, 1.165) is 6.42 Å². The summed E-state index contributed by atoms with van der Waals surface area (Å²) in [6.07, 6.45) is 5.72. The second-order valence-corrected chi connectivity index (χ2v) is 4.32. The van der Waals surface area contributed by atoms with Gasteiger partial charge >= 0.3 is 0 Å². The van der Waals surface area contributed by atoms with Crippen molar-refractivity contribution in [1.82, 2.24) is 0 Å². The van der Waals surface area contributed by atoms with E-state index in [-0.39, 0.29) is 6.61 Å². The molecule has 0 aliphatic heterocycles. The van der Waals surface area contributed by atoms with Gasteiger partial charge in [-0.1, -0.05) is 66.7 Å². The fraction of sp³-hybridized carbons (Fsp3) is 0.176. The molecule has 0 atom stereocenters. The van der Waals surface area contributed by atoms with Crippen molar-refractivity contribution in [3.05, 3.63) is 77.4 Å². The number of rotatable bonds is 5. The van der Waals surface area contributed by atoms with Crippen LogP contribution in [-0.4, -0.2) is 11.7 Å². The molecule has 0 fully saturated rings. The van der Waals surface area contributed by atoms with Crippen molar-refractivity contribution in [1.29, 1.82) is 0 Å². The molecule has 0 aromatic heterocycles. The zero-order chi connectivity index (χ0) is 12.6. The topological polar surface area (TPSA) is 20.2 Å². The highest BCUT2D eigenvalue weighted by atomic mass is 16.2. The van der Waals surface area contributed by atoms with Crippen LogP contribution in [0.25, 0.3) is 6.08 Å². The molecule has 1 heteroatoms. The molecule has 0 saturated carbocycles. The third-order valence-electron chi connectivity index (χ3n) is 2.84. The molecule has 2 rings (SSSR count). The first-order valence-corrected chi connectivity index (χ1v) is 6.29. The van der Waals surface area contributed by atoms with E-state index < -0.39 is 0 Å². The van der Waals surface area contributed by atoms with E-state index in [4.69, 9.17) is 5.11 Å². The molecule has 0 bridgehead atoms. The maximum Gasteiger partial charge on any atom is 0.0465 e. The van der Waals surface area contributed by atoms with Crippen molar-refractivity contribution in [2.24, 2.45) is 0 Å². The van der Waals surface area contributed by atoms with Gasteiger partial charge in [0, 0.05) is 6.61 Å². The first-order chi connectivity index (χ1) is 8.88. The highest BCUT2D eigenvalue weighted by Gasteiger charge is 1.95. The standard InChI is InChI=1S/C17H18O/c18-13-5-4-6-15-9-11-17(12-10-15)14-16-7-2-1-3-8-16/h1-4,6-12,18H,5,13-14H2. The lowest BCUT2D eigenvalue weighted by Crippen LogP contribution is -1.87. The summed E-state index contributed by atoms with van der Waals surface area (Å²) in [4.78, 5) is 0. The van der Waals surface area contributed by atoms with Crippen LogP contribution < -0.4 is 0 Å². The zero-order valence-electron chi connectivity index (χ0n) is 10.4. The number of benzene rings is 2. The van der Waals surface area contributed by atoms with E-state index in [0.29, 0.717) is 6.42 Å². The Balaban J connectivity index is 2.00. The number of aliphatic hydroxyl groups excluding tert-OH is 1. The number of hydrogen-bond donors (Lipinski definition) is 1. The van der Waals surface area contributed by atoms with Crippen LogP contribution in [0.5, 0.6) is 0 Å².